The fraction of sp³-hybridized carbons (Fsp3) is 0.400. The second kappa shape index (κ2) is 12.1. The first kappa shape index (κ1) is 22.7. The highest BCUT2D eigenvalue weighted by molar-refractivity contribution is 5.91. The minimum absolute atomic E-state index is 0.106. The van der Waals surface area contributed by atoms with Gasteiger partial charge in [0.05, 0.1) is 6.10 Å². The molecule has 0 spiro atoms. The van der Waals surface area contributed by atoms with E-state index in [-0.39, 0.29) is 18.3 Å². The van der Waals surface area contributed by atoms with Gasteiger partial charge in [-0.1, -0.05) is 80.4 Å². The molecule has 0 heterocycles. The molecular weight excluding hydrogens is 364 g/mol. The summed E-state index contributed by atoms with van der Waals surface area (Å²) in [5.41, 5.74) is 1.83. The first-order valence-corrected chi connectivity index (χ1v) is 10.3. The van der Waals surface area contributed by atoms with E-state index in [1.165, 1.54) is 0 Å². The first-order valence-electron chi connectivity index (χ1n) is 10.3. The Hall–Kier alpha value is -2.59. The number of carbonyl (C=O) groups is 1. The van der Waals surface area contributed by atoms with Gasteiger partial charge in [0, 0.05) is 5.92 Å². The van der Waals surface area contributed by atoms with Crippen LogP contribution in [0.5, 0.6) is 0 Å². The van der Waals surface area contributed by atoms with Crippen molar-refractivity contribution >= 4 is 12.0 Å². The van der Waals surface area contributed by atoms with E-state index in [9.17, 15) is 9.90 Å². The number of hydrogen-bond acceptors (Lipinski definition) is 4. The van der Waals surface area contributed by atoms with E-state index in [4.69, 9.17) is 9.47 Å². The van der Waals surface area contributed by atoms with Crippen LogP contribution in [0.15, 0.2) is 66.4 Å². The van der Waals surface area contributed by atoms with Crippen LogP contribution in [0.1, 0.15) is 51.2 Å². The number of esters is 1. The van der Waals surface area contributed by atoms with E-state index < -0.39 is 18.2 Å². The van der Waals surface area contributed by atoms with Crippen molar-refractivity contribution in [1.82, 2.24) is 0 Å². The molecule has 2 rings (SSSR count). The highest BCUT2D eigenvalue weighted by atomic mass is 16.6. The van der Waals surface area contributed by atoms with Crippen molar-refractivity contribution in [2.24, 2.45) is 5.92 Å². The van der Waals surface area contributed by atoms with Gasteiger partial charge in [0.1, 0.15) is 12.7 Å². The summed E-state index contributed by atoms with van der Waals surface area (Å²) in [6.07, 6.45) is 3.56. The van der Waals surface area contributed by atoms with Crippen molar-refractivity contribution in [3.05, 3.63) is 77.5 Å². The van der Waals surface area contributed by atoms with Crippen molar-refractivity contribution in [3.63, 3.8) is 0 Å². The molecule has 2 aromatic carbocycles. The highest BCUT2D eigenvalue weighted by Gasteiger charge is 2.26. The molecule has 2 aromatic rings. The van der Waals surface area contributed by atoms with E-state index in [0.29, 0.717) is 0 Å². The fourth-order valence-electron chi connectivity index (χ4n) is 3.22. The normalized spacial score (nSPS) is 14.7. The molecule has 156 valence electrons. The summed E-state index contributed by atoms with van der Waals surface area (Å²) < 4.78 is 11.5. The summed E-state index contributed by atoms with van der Waals surface area (Å²) in [6, 6.07) is 19.2. The lowest BCUT2D eigenvalue weighted by molar-refractivity contribution is -0.152. The van der Waals surface area contributed by atoms with Gasteiger partial charge >= 0.3 is 5.97 Å². The zero-order valence-electron chi connectivity index (χ0n) is 17.6. The lowest BCUT2D eigenvalue weighted by atomic mass is 9.92. The van der Waals surface area contributed by atoms with Crippen LogP contribution in [-0.4, -0.2) is 23.3 Å². The van der Waals surface area contributed by atoms with Gasteiger partial charge in [-0.25, -0.2) is 4.79 Å². The third kappa shape index (κ3) is 7.74. The van der Waals surface area contributed by atoms with Crippen molar-refractivity contribution in [3.8, 4) is 0 Å². The zero-order chi connectivity index (χ0) is 21.1. The van der Waals surface area contributed by atoms with Gasteiger partial charge in [0.15, 0.2) is 0 Å². The Balaban J connectivity index is 2.13. The third-order valence-corrected chi connectivity index (χ3v) is 4.94. The van der Waals surface area contributed by atoms with Gasteiger partial charge in [-0.05, 0) is 37.5 Å². The van der Waals surface area contributed by atoms with Crippen LogP contribution in [0.3, 0.4) is 0 Å². The van der Waals surface area contributed by atoms with Crippen molar-refractivity contribution < 1.29 is 19.4 Å². The quantitative estimate of drug-likeness (QED) is 0.315. The Kier molecular flexibility index (Phi) is 9.45. The molecule has 0 bridgehead atoms. The fourth-order valence-corrected chi connectivity index (χ4v) is 3.22. The Morgan fingerprint density at radius 3 is 2.24 bits per heavy atom. The number of rotatable bonds is 11. The summed E-state index contributed by atoms with van der Waals surface area (Å²) in [7, 11) is 0. The second-order valence-electron chi connectivity index (χ2n) is 7.35. The Labute approximate surface area is 174 Å². The Morgan fingerprint density at radius 1 is 1.03 bits per heavy atom. The van der Waals surface area contributed by atoms with Gasteiger partial charge in [-0.2, -0.15) is 0 Å². The molecule has 0 aliphatic rings. The number of aliphatic hydroxyl groups excluding tert-OH is 1. The molecule has 0 aliphatic carbocycles. The number of hydrogen-bond donors (Lipinski definition) is 1. The third-order valence-electron chi connectivity index (χ3n) is 4.94. The molecule has 1 N–H and O–H groups in total. The molecule has 0 radical (unpaired) electrons. The van der Waals surface area contributed by atoms with E-state index in [1.54, 1.807) is 13.0 Å². The first-order chi connectivity index (χ1) is 14.0. The maximum absolute atomic E-state index is 12.9. The Morgan fingerprint density at radius 2 is 1.66 bits per heavy atom. The van der Waals surface area contributed by atoms with E-state index >= 15 is 0 Å². The minimum atomic E-state index is -0.545. The van der Waals surface area contributed by atoms with Gasteiger partial charge in [-0.15, -0.1) is 0 Å². The van der Waals surface area contributed by atoms with Crippen LogP contribution < -0.4 is 0 Å². The van der Waals surface area contributed by atoms with Gasteiger partial charge in [0.2, 0.25) is 5.76 Å². The average molecular weight is 397 g/mol. The number of benzene rings is 2. The molecule has 1 unspecified atom stereocenters. The monoisotopic (exact) mass is 396 g/mol. The number of unbranched alkanes of at least 4 members (excludes halogenated alkanes) is 1. The maximum atomic E-state index is 12.9. The van der Waals surface area contributed by atoms with Crippen molar-refractivity contribution in [1.29, 1.82) is 0 Å². The predicted octanol–water partition coefficient (Wildman–Crippen LogP) is 5.36. The zero-order valence-corrected chi connectivity index (χ0v) is 17.6. The highest BCUT2D eigenvalue weighted by Crippen LogP contribution is 2.22. The van der Waals surface area contributed by atoms with Crippen LogP contribution in [0.4, 0.5) is 0 Å². The molecule has 29 heavy (non-hydrogen) atoms. The molecule has 0 saturated carbocycles. The summed E-state index contributed by atoms with van der Waals surface area (Å²) in [5.74, 6) is -0.461. The standard InChI is InChI=1S/C25H32O4/c1-4-5-16-23(19(2)26)20(3)29-25(27)24(17-21-12-8-6-9-13-21)28-18-22-14-10-7-11-15-22/h6-15,17,19-20,23,26H,4-5,16,18H2,1-3H3/t19-,20+,23?/m1/s1. The van der Waals surface area contributed by atoms with Gasteiger partial charge < -0.3 is 14.6 Å². The summed E-state index contributed by atoms with van der Waals surface area (Å²) in [5, 5.41) is 10.1. The SMILES string of the molecule is CCCCC([C@H](C)OC(=O)C(=Cc1ccccc1)OCc1ccccc1)[C@@H](C)O. The van der Waals surface area contributed by atoms with Crippen LogP contribution in [0, 0.1) is 5.92 Å². The molecule has 0 amide bonds. The summed E-state index contributed by atoms with van der Waals surface area (Å²) in [4.78, 5) is 12.9. The Bertz CT molecular complexity index is 753. The number of carbonyl (C=O) groups excluding carboxylic acids is 1. The second-order valence-corrected chi connectivity index (χ2v) is 7.35. The largest absolute Gasteiger partial charge is 0.482 e. The van der Waals surface area contributed by atoms with E-state index in [0.717, 1.165) is 30.4 Å². The molecule has 4 heteroatoms. The van der Waals surface area contributed by atoms with Crippen molar-refractivity contribution in [2.45, 2.75) is 58.8 Å². The maximum Gasteiger partial charge on any atom is 0.373 e. The average Bonchev–Trinajstić information content (AvgIpc) is 2.72. The van der Waals surface area contributed by atoms with Crippen LogP contribution in [0.25, 0.3) is 6.08 Å². The predicted molar refractivity (Wildman–Crippen MR) is 116 cm³/mol. The molecule has 3 atom stereocenters. The van der Waals surface area contributed by atoms with Gasteiger partial charge in [0.25, 0.3) is 0 Å². The summed E-state index contributed by atoms with van der Waals surface area (Å²) >= 11 is 0. The van der Waals surface area contributed by atoms with Crippen LogP contribution in [0.2, 0.25) is 0 Å². The smallest absolute Gasteiger partial charge is 0.373 e. The molecule has 4 nitrogen and oxygen atoms in total. The molecule has 0 fully saturated rings. The lowest BCUT2D eigenvalue weighted by Gasteiger charge is -2.26. The number of aliphatic hydroxyl groups is 1. The number of ether oxygens (including phenoxy) is 2. The molecular formula is C25H32O4. The van der Waals surface area contributed by atoms with Crippen molar-refractivity contribution in [2.75, 3.05) is 0 Å². The van der Waals surface area contributed by atoms with E-state index in [2.05, 4.69) is 6.92 Å². The minimum Gasteiger partial charge on any atom is -0.482 e. The molecule has 0 saturated heterocycles. The van der Waals surface area contributed by atoms with Gasteiger partial charge in [-0.3, -0.25) is 0 Å². The lowest BCUT2D eigenvalue weighted by Crippen LogP contribution is -2.32. The topological polar surface area (TPSA) is 55.8 Å². The van der Waals surface area contributed by atoms with E-state index in [1.807, 2.05) is 67.6 Å². The van der Waals surface area contributed by atoms with Crippen LogP contribution in [-0.2, 0) is 20.9 Å². The molecule has 0 aromatic heterocycles. The van der Waals surface area contributed by atoms with Crippen LogP contribution >= 0.6 is 0 Å². The molecule has 0 aliphatic heterocycles. The summed E-state index contributed by atoms with van der Waals surface area (Å²) in [6.45, 7) is 5.96.